The van der Waals surface area contributed by atoms with E-state index in [2.05, 4.69) is 11.9 Å². The maximum absolute atomic E-state index is 11.0. The molecule has 0 bridgehead atoms. The molecule has 1 N–H and O–H groups in total. The highest BCUT2D eigenvalue weighted by atomic mass is 32.1. The molecule has 3 nitrogen and oxygen atoms in total. The van der Waals surface area contributed by atoms with Crippen molar-refractivity contribution in [3.63, 3.8) is 0 Å². The molecule has 2 rings (SSSR count). The Morgan fingerprint density at radius 2 is 2.20 bits per heavy atom. The third-order valence-electron chi connectivity index (χ3n) is 3.05. The van der Waals surface area contributed by atoms with Crippen LogP contribution in [0.15, 0.2) is 11.4 Å². The third kappa shape index (κ3) is 2.21. The van der Waals surface area contributed by atoms with Gasteiger partial charge < -0.3 is 10.0 Å². The molecule has 0 aromatic carbocycles. The lowest BCUT2D eigenvalue weighted by Crippen LogP contribution is -2.29. The van der Waals surface area contributed by atoms with Gasteiger partial charge in [-0.1, -0.05) is 0 Å². The molecule has 0 aliphatic carbocycles. The van der Waals surface area contributed by atoms with Crippen molar-refractivity contribution in [1.82, 2.24) is 4.90 Å². The van der Waals surface area contributed by atoms with E-state index in [4.69, 9.17) is 5.11 Å². The average Bonchev–Trinajstić information content (AvgIpc) is 2.67. The molecule has 1 aromatic heterocycles. The SMILES string of the molecule is CN1CCC(c2ccsc2C(=O)O)CC1. The van der Waals surface area contributed by atoms with Crippen LogP contribution in [0.1, 0.15) is 34.0 Å². The van der Waals surface area contributed by atoms with Crippen LogP contribution in [-0.2, 0) is 0 Å². The van der Waals surface area contributed by atoms with Crippen LogP contribution in [0.3, 0.4) is 0 Å². The molecule has 0 saturated carbocycles. The van der Waals surface area contributed by atoms with Crippen LogP contribution in [0.4, 0.5) is 0 Å². The summed E-state index contributed by atoms with van der Waals surface area (Å²) >= 11 is 1.34. The van der Waals surface area contributed by atoms with Gasteiger partial charge in [-0.05, 0) is 55.9 Å². The Hall–Kier alpha value is -0.870. The van der Waals surface area contributed by atoms with Crippen molar-refractivity contribution in [3.05, 3.63) is 21.9 Å². The van der Waals surface area contributed by atoms with E-state index in [0.717, 1.165) is 31.5 Å². The fraction of sp³-hybridized carbons (Fsp3) is 0.545. The van der Waals surface area contributed by atoms with Crippen LogP contribution in [0.25, 0.3) is 0 Å². The second kappa shape index (κ2) is 4.33. The highest BCUT2D eigenvalue weighted by molar-refractivity contribution is 7.12. The van der Waals surface area contributed by atoms with Gasteiger partial charge in [0.05, 0.1) is 0 Å². The number of likely N-dealkylation sites (tertiary alicyclic amines) is 1. The lowest BCUT2D eigenvalue weighted by molar-refractivity contribution is 0.0700. The van der Waals surface area contributed by atoms with Crippen molar-refractivity contribution in [3.8, 4) is 0 Å². The molecule has 0 spiro atoms. The fourth-order valence-corrected chi connectivity index (χ4v) is 2.96. The van der Waals surface area contributed by atoms with Gasteiger partial charge in [0.1, 0.15) is 4.88 Å². The Morgan fingerprint density at radius 1 is 1.53 bits per heavy atom. The van der Waals surface area contributed by atoms with Gasteiger partial charge in [-0.3, -0.25) is 0 Å². The van der Waals surface area contributed by atoms with Gasteiger partial charge in [0.2, 0.25) is 0 Å². The Morgan fingerprint density at radius 3 is 2.80 bits per heavy atom. The lowest BCUT2D eigenvalue weighted by Gasteiger charge is -2.28. The predicted molar refractivity (Wildman–Crippen MR) is 60.8 cm³/mol. The third-order valence-corrected chi connectivity index (χ3v) is 3.97. The number of carboxylic acids is 1. The zero-order valence-corrected chi connectivity index (χ0v) is 9.59. The first-order valence-corrected chi connectivity index (χ1v) is 6.05. The minimum atomic E-state index is -0.779. The largest absolute Gasteiger partial charge is 0.477 e. The van der Waals surface area contributed by atoms with Crippen LogP contribution in [0, 0.1) is 0 Å². The highest BCUT2D eigenvalue weighted by Gasteiger charge is 2.23. The zero-order valence-electron chi connectivity index (χ0n) is 8.77. The van der Waals surface area contributed by atoms with Crippen molar-refractivity contribution >= 4 is 17.3 Å². The summed E-state index contributed by atoms with van der Waals surface area (Å²) in [4.78, 5) is 13.8. The van der Waals surface area contributed by atoms with Gasteiger partial charge in [0, 0.05) is 0 Å². The summed E-state index contributed by atoms with van der Waals surface area (Å²) in [6.45, 7) is 2.14. The Labute approximate surface area is 93.3 Å². The Balaban J connectivity index is 2.15. The molecule has 15 heavy (non-hydrogen) atoms. The Kier molecular flexibility index (Phi) is 3.07. The van der Waals surface area contributed by atoms with Crippen LogP contribution < -0.4 is 0 Å². The number of carboxylic acid groups (broad SMARTS) is 1. The highest BCUT2D eigenvalue weighted by Crippen LogP contribution is 2.32. The molecule has 1 fully saturated rings. The Bertz CT molecular complexity index is 353. The number of aromatic carboxylic acids is 1. The number of thiophene rings is 1. The van der Waals surface area contributed by atoms with Gasteiger partial charge in [0.25, 0.3) is 0 Å². The number of carbonyl (C=O) groups is 1. The van der Waals surface area contributed by atoms with Crippen LogP contribution in [-0.4, -0.2) is 36.1 Å². The summed E-state index contributed by atoms with van der Waals surface area (Å²) in [7, 11) is 2.11. The monoisotopic (exact) mass is 225 g/mol. The summed E-state index contributed by atoms with van der Waals surface area (Å²) in [5.74, 6) is -0.336. The number of hydrogen-bond donors (Lipinski definition) is 1. The topological polar surface area (TPSA) is 40.5 Å². The molecule has 0 amide bonds. The quantitative estimate of drug-likeness (QED) is 0.839. The van der Waals surface area contributed by atoms with Crippen molar-refractivity contribution in [1.29, 1.82) is 0 Å². The van der Waals surface area contributed by atoms with Gasteiger partial charge in [0.15, 0.2) is 0 Å². The summed E-state index contributed by atoms with van der Waals surface area (Å²) < 4.78 is 0. The second-order valence-corrected chi connectivity index (χ2v) is 5.00. The van der Waals surface area contributed by atoms with E-state index >= 15 is 0 Å². The van der Waals surface area contributed by atoms with Crippen LogP contribution in [0.5, 0.6) is 0 Å². The zero-order chi connectivity index (χ0) is 10.8. The first kappa shape index (κ1) is 10.6. The smallest absolute Gasteiger partial charge is 0.346 e. The molecular formula is C11H15NO2S. The summed E-state index contributed by atoms with van der Waals surface area (Å²) in [5.41, 5.74) is 1.04. The number of rotatable bonds is 2. The minimum Gasteiger partial charge on any atom is -0.477 e. The second-order valence-electron chi connectivity index (χ2n) is 4.09. The average molecular weight is 225 g/mol. The summed E-state index contributed by atoms with van der Waals surface area (Å²) in [6.07, 6.45) is 2.15. The van der Waals surface area contributed by atoms with Gasteiger partial charge in [-0.15, -0.1) is 11.3 Å². The molecule has 1 aromatic rings. The first-order chi connectivity index (χ1) is 7.18. The van der Waals surface area contributed by atoms with Crippen molar-refractivity contribution in [2.24, 2.45) is 0 Å². The lowest BCUT2D eigenvalue weighted by atomic mass is 9.90. The van der Waals surface area contributed by atoms with E-state index in [1.807, 2.05) is 11.4 Å². The first-order valence-electron chi connectivity index (χ1n) is 5.17. The maximum Gasteiger partial charge on any atom is 0.346 e. The van der Waals surface area contributed by atoms with Crippen molar-refractivity contribution < 1.29 is 9.90 Å². The maximum atomic E-state index is 11.0. The number of hydrogen-bond acceptors (Lipinski definition) is 3. The van der Waals surface area contributed by atoms with Crippen LogP contribution >= 0.6 is 11.3 Å². The molecule has 1 aliphatic rings. The molecule has 4 heteroatoms. The van der Waals surface area contributed by atoms with E-state index < -0.39 is 5.97 Å². The molecule has 1 saturated heterocycles. The van der Waals surface area contributed by atoms with E-state index in [-0.39, 0.29) is 0 Å². The number of piperidine rings is 1. The molecule has 0 atom stereocenters. The molecule has 0 radical (unpaired) electrons. The summed E-state index contributed by atoms with van der Waals surface area (Å²) in [6, 6.07) is 1.98. The molecule has 2 heterocycles. The van der Waals surface area contributed by atoms with Gasteiger partial charge in [-0.25, -0.2) is 4.79 Å². The van der Waals surface area contributed by atoms with E-state index in [9.17, 15) is 4.79 Å². The molecule has 1 aliphatic heterocycles. The fourth-order valence-electron chi connectivity index (χ4n) is 2.13. The van der Waals surface area contributed by atoms with E-state index in [0.29, 0.717) is 10.8 Å². The van der Waals surface area contributed by atoms with Crippen molar-refractivity contribution in [2.75, 3.05) is 20.1 Å². The minimum absolute atomic E-state index is 0.443. The normalized spacial score (nSPS) is 19.3. The summed E-state index contributed by atoms with van der Waals surface area (Å²) in [5, 5.41) is 10.9. The molecule has 82 valence electrons. The van der Waals surface area contributed by atoms with Crippen molar-refractivity contribution in [2.45, 2.75) is 18.8 Å². The molecular weight excluding hydrogens is 210 g/mol. The predicted octanol–water partition coefficient (Wildman–Crippen LogP) is 2.26. The standard InChI is InChI=1S/C11H15NO2S/c1-12-5-2-8(3-6-12)9-4-7-15-10(9)11(13)14/h4,7-8H,2-3,5-6H2,1H3,(H,13,14). The van der Waals surface area contributed by atoms with Crippen LogP contribution in [0.2, 0.25) is 0 Å². The molecule has 0 unspecified atom stereocenters. The van der Waals surface area contributed by atoms with E-state index in [1.165, 1.54) is 11.3 Å². The van der Waals surface area contributed by atoms with Gasteiger partial charge in [-0.2, -0.15) is 0 Å². The van der Waals surface area contributed by atoms with E-state index in [1.54, 1.807) is 0 Å². The number of nitrogens with zero attached hydrogens (tertiary/aromatic N) is 1. The van der Waals surface area contributed by atoms with Gasteiger partial charge >= 0.3 is 5.97 Å².